The normalized spacial score (nSPS) is 17.7. The second kappa shape index (κ2) is 9.63. The van der Waals surface area contributed by atoms with Gasteiger partial charge in [0.15, 0.2) is 10.8 Å². The first-order chi connectivity index (χ1) is 17.0. The second-order valence-corrected chi connectivity index (χ2v) is 9.23. The molecule has 4 aromatic rings. The van der Waals surface area contributed by atoms with Crippen LogP contribution < -0.4 is 16.4 Å². The molecule has 0 aliphatic heterocycles. The topological polar surface area (TPSA) is 141 Å². The molecule has 0 unspecified atom stereocenters. The van der Waals surface area contributed by atoms with Gasteiger partial charge >= 0.3 is 0 Å². The van der Waals surface area contributed by atoms with E-state index in [4.69, 9.17) is 10.8 Å². The van der Waals surface area contributed by atoms with E-state index < -0.39 is 0 Å². The molecule has 1 aromatic carbocycles. The van der Waals surface area contributed by atoms with E-state index in [0.29, 0.717) is 33.2 Å². The third-order valence-electron chi connectivity index (χ3n) is 6.17. The van der Waals surface area contributed by atoms with Gasteiger partial charge < -0.3 is 11.1 Å². The van der Waals surface area contributed by atoms with Crippen molar-refractivity contribution in [3.63, 3.8) is 0 Å². The van der Waals surface area contributed by atoms with Crippen LogP contribution in [0.4, 0.5) is 10.9 Å². The monoisotopic (exact) mass is 488 g/mol. The van der Waals surface area contributed by atoms with Crippen molar-refractivity contribution in [2.75, 3.05) is 11.1 Å². The molecule has 1 aliphatic carbocycles. The van der Waals surface area contributed by atoms with E-state index in [9.17, 15) is 9.59 Å². The first kappa shape index (κ1) is 22.7. The molecule has 3 heterocycles. The summed E-state index contributed by atoms with van der Waals surface area (Å²) in [7, 11) is 0. The summed E-state index contributed by atoms with van der Waals surface area (Å²) < 4.78 is 1.93. The number of aromatic nitrogens is 5. The molecule has 1 fully saturated rings. The number of rotatable bonds is 6. The fourth-order valence-electron chi connectivity index (χ4n) is 4.41. The standard InChI is InChI=1S/C24H24N8O2S/c1-2-18(33)29-16-7-9-17(10-8-16)32-22-19(21(25)27-13-28-22)20(31-32)14-3-5-15(6-4-14)23(34)30-24-26-11-12-35-24/h2-6,11-13,16-17H,1,7-10H2,(H,29,33)(H2,25,27,28)(H,26,30,34)/t16-,17-. The number of fused-ring (bicyclic) bond motifs is 1. The Morgan fingerprint density at radius 3 is 2.57 bits per heavy atom. The molecule has 10 nitrogen and oxygen atoms in total. The Kier molecular flexibility index (Phi) is 6.23. The van der Waals surface area contributed by atoms with Crippen molar-refractivity contribution in [2.24, 2.45) is 0 Å². The molecule has 4 N–H and O–H groups in total. The maximum atomic E-state index is 12.5. The highest BCUT2D eigenvalue weighted by atomic mass is 32.1. The summed E-state index contributed by atoms with van der Waals surface area (Å²) in [5, 5.41) is 13.7. The van der Waals surface area contributed by atoms with Crippen LogP contribution in [0.25, 0.3) is 22.3 Å². The number of amides is 2. The smallest absolute Gasteiger partial charge is 0.257 e. The molecule has 0 bridgehead atoms. The number of nitrogens with two attached hydrogens (primary N) is 1. The third-order valence-corrected chi connectivity index (χ3v) is 6.85. The molecule has 0 spiro atoms. The van der Waals surface area contributed by atoms with Gasteiger partial charge in [-0.1, -0.05) is 18.7 Å². The zero-order chi connectivity index (χ0) is 24.4. The number of nitrogen functional groups attached to an aromatic ring is 1. The number of nitrogens with one attached hydrogen (secondary N) is 2. The molecule has 5 rings (SSSR count). The van der Waals surface area contributed by atoms with Crippen molar-refractivity contribution >= 4 is 45.1 Å². The van der Waals surface area contributed by atoms with E-state index in [1.54, 1.807) is 23.7 Å². The Hall–Kier alpha value is -4.12. The maximum absolute atomic E-state index is 12.5. The predicted octanol–water partition coefficient (Wildman–Crippen LogP) is 3.57. The molecule has 11 heteroatoms. The van der Waals surface area contributed by atoms with E-state index in [1.165, 1.54) is 23.7 Å². The first-order valence-corrected chi connectivity index (χ1v) is 12.1. The van der Waals surface area contributed by atoms with Gasteiger partial charge in [0.05, 0.1) is 11.4 Å². The van der Waals surface area contributed by atoms with Crippen LogP contribution in [0.15, 0.2) is 54.8 Å². The summed E-state index contributed by atoms with van der Waals surface area (Å²) >= 11 is 1.36. The van der Waals surface area contributed by atoms with Crippen molar-refractivity contribution in [1.29, 1.82) is 0 Å². The van der Waals surface area contributed by atoms with Gasteiger partial charge in [-0.25, -0.2) is 19.6 Å². The highest BCUT2D eigenvalue weighted by Crippen LogP contribution is 2.36. The second-order valence-electron chi connectivity index (χ2n) is 8.34. The quantitative estimate of drug-likeness (QED) is 0.352. The van der Waals surface area contributed by atoms with E-state index in [0.717, 1.165) is 31.2 Å². The Labute approximate surface area is 205 Å². The van der Waals surface area contributed by atoms with Crippen LogP contribution in [0, 0.1) is 0 Å². The average molecular weight is 489 g/mol. The van der Waals surface area contributed by atoms with Gasteiger partial charge in [-0.2, -0.15) is 5.10 Å². The van der Waals surface area contributed by atoms with Crippen LogP contribution in [-0.4, -0.2) is 42.6 Å². The molecule has 1 aliphatic rings. The number of benzene rings is 1. The highest BCUT2D eigenvalue weighted by Gasteiger charge is 2.27. The van der Waals surface area contributed by atoms with Crippen LogP contribution in [0.1, 0.15) is 42.1 Å². The zero-order valence-electron chi connectivity index (χ0n) is 18.8. The summed E-state index contributed by atoms with van der Waals surface area (Å²) in [5.74, 6) is -0.0246. The maximum Gasteiger partial charge on any atom is 0.257 e. The van der Waals surface area contributed by atoms with Crippen molar-refractivity contribution in [3.8, 4) is 11.3 Å². The summed E-state index contributed by atoms with van der Waals surface area (Å²) in [4.78, 5) is 36.9. The van der Waals surface area contributed by atoms with Crippen LogP contribution in [0.2, 0.25) is 0 Å². The number of anilines is 2. The van der Waals surface area contributed by atoms with Gasteiger partial charge in [0, 0.05) is 28.7 Å². The van der Waals surface area contributed by atoms with E-state index in [2.05, 4.69) is 32.2 Å². The van der Waals surface area contributed by atoms with Gasteiger partial charge in [-0.3, -0.25) is 14.9 Å². The number of hydrogen-bond acceptors (Lipinski definition) is 8. The minimum absolute atomic E-state index is 0.126. The molecule has 35 heavy (non-hydrogen) atoms. The molecule has 2 amide bonds. The van der Waals surface area contributed by atoms with Crippen molar-refractivity contribution in [2.45, 2.75) is 37.8 Å². The van der Waals surface area contributed by atoms with E-state index in [1.807, 2.05) is 16.8 Å². The van der Waals surface area contributed by atoms with Crippen LogP contribution in [-0.2, 0) is 4.79 Å². The van der Waals surface area contributed by atoms with Gasteiger partial charge in [0.25, 0.3) is 5.91 Å². The largest absolute Gasteiger partial charge is 0.383 e. The van der Waals surface area contributed by atoms with Gasteiger partial charge in [0.1, 0.15) is 17.8 Å². The molecule has 0 atom stereocenters. The lowest BCUT2D eigenvalue weighted by molar-refractivity contribution is -0.117. The predicted molar refractivity (Wildman–Crippen MR) is 135 cm³/mol. The van der Waals surface area contributed by atoms with Crippen LogP contribution >= 0.6 is 11.3 Å². The average Bonchev–Trinajstić information content (AvgIpc) is 3.53. The molecular formula is C24H24N8O2S. The molecule has 1 saturated carbocycles. The van der Waals surface area contributed by atoms with Crippen LogP contribution in [0.3, 0.4) is 0 Å². The Morgan fingerprint density at radius 1 is 1.11 bits per heavy atom. The molecular weight excluding hydrogens is 464 g/mol. The minimum Gasteiger partial charge on any atom is -0.383 e. The fraction of sp³-hybridized carbons (Fsp3) is 0.250. The minimum atomic E-state index is -0.231. The van der Waals surface area contributed by atoms with Crippen molar-refractivity contribution in [3.05, 3.63) is 60.4 Å². The zero-order valence-corrected chi connectivity index (χ0v) is 19.7. The van der Waals surface area contributed by atoms with Crippen molar-refractivity contribution < 1.29 is 9.59 Å². The number of carbonyl (C=O) groups is 2. The number of nitrogens with zero attached hydrogens (tertiary/aromatic N) is 5. The lowest BCUT2D eigenvalue weighted by Crippen LogP contribution is -2.37. The van der Waals surface area contributed by atoms with Gasteiger partial charge in [-0.15, -0.1) is 11.3 Å². The summed E-state index contributed by atoms with van der Waals surface area (Å²) in [6, 6.07) is 7.43. The van der Waals surface area contributed by atoms with Gasteiger partial charge in [-0.05, 0) is 43.9 Å². The van der Waals surface area contributed by atoms with Crippen molar-refractivity contribution in [1.82, 2.24) is 30.0 Å². The lowest BCUT2D eigenvalue weighted by atomic mass is 9.91. The van der Waals surface area contributed by atoms with Crippen LogP contribution in [0.5, 0.6) is 0 Å². The summed E-state index contributed by atoms with van der Waals surface area (Å²) in [6.45, 7) is 3.52. The molecule has 0 saturated heterocycles. The first-order valence-electron chi connectivity index (χ1n) is 11.3. The Bertz CT molecular complexity index is 1370. The SMILES string of the molecule is C=CC(=O)N[C@H]1CC[C@H](n2nc(-c3ccc(C(=O)Nc4nccs4)cc3)c3c(N)ncnc32)CC1. The number of hydrogen-bond donors (Lipinski definition) is 3. The molecule has 3 aromatic heterocycles. The fourth-order valence-corrected chi connectivity index (χ4v) is 4.93. The summed E-state index contributed by atoms with van der Waals surface area (Å²) in [5.41, 5.74) is 8.93. The van der Waals surface area contributed by atoms with Gasteiger partial charge in [0.2, 0.25) is 5.91 Å². The van der Waals surface area contributed by atoms with E-state index in [-0.39, 0.29) is 23.9 Å². The summed E-state index contributed by atoms with van der Waals surface area (Å²) in [6.07, 6.45) is 7.75. The molecule has 0 radical (unpaired) electrons. The Morgan fingerprint density at radius 2 is 1.89 bits per heavy atom. The molecule has 178 valence electrons. The lowest BCUT2D eigenvalue weighted by Gasteiger charge is -2.29. The third kappa shape index (κ3) is 4.62. The number of carbonyl (C=O) groups excluding carboxylic acids is 2. The highest BCUT2D eigenvalue weighted by molar-refractivity contribution is 7.13. The number of thiazole rings is 1. The Balaban J connectivity index is 1.41. The van der Waals surface area contributed by atoms with E-state index >= 15 is 0 Å².